The van der Waals surface area contributed by atoms with Crippen molar-refractivity contribution in [3.05, 3.63) is 0 Å². The molecule has 0 bridgehead atoms. The fourth-order valence-electron chi connectivity index (χ4n) is 2.68. The van der Waals surface area contributed by atoms with Crippen LogP contribution in [0.5, 0.6) is 0 Å². The molecule has 4 nitrogen and oxygen atoms in total. The smallest absolute Gasteiger partial charge is 0.410 e. The molecule has 136 valence electrons. The number of hydrogen-bond acceptors (Lipinski definition) is 3. The van der Waals surface area contributed by atoms with E-state index in [2.05, 4.69) is 5.32 Å². The van der Waals surface area contributed by atoms with Gasteiger partial charge < -0.3 is 15.0 Å². The third-order valence-corrected chi connectivity index (χ3v) is 4.00. The monoisotopic (exact) mass is 338 g/mol. The molecule has 0 unspecified atom stereocenters. The predicted octanol–water partition coefficient (Wildman–Crippen LogP) is 3.95. The highest BCUT2D eigenvalue weighted by molar-refractivity contribution is 5.67. The molecule has 1 fully saturated rings. The molecule has 1 N–H and O–H groups in total. The van der Waals surface area contributed by atoms with Crippen LogP contribution in [0.1, 0.15) is 52.9 Å². The number of nitrogens with one attached hydrogen (secondary N) is 1. The van der Waals surface area contributed by atoms with Gasteiger partial charge in [0.2, 0.25) is 0 Å². The summed E-state index contributed by atoms with van der Waals surface area (Å²) < 4.78 is 43.0. The van der Waals surface area contributed by atoms with Gasteiger partial charge in [-0.15, -0.1) is 0 Å². The Balaban J connectivity index is 2.15. The van der Waals surface area contributed by atoms with Gasteiger partial charge in [-0.1, -0.05) is 0 Å². The highest BCUT2D eigenvalue weighted by Crippen LogP contribution is 2.37. The summed E-state index contributed by atoms with van der Waals surface area (Å²) in [4.78, 5) is 13.3. The van der Waals surface area contributed by atoms with E-state index in [1.807, 2.05) is 20.8 Å². The van der Waals surface area contributed by atoms with Crippen molar-refractivity contribution in [3.63, 3.8) is 0 Å². The normalized spacial score (nSPS) is 22.7. The van der Waals surface area contributed by atoms with Crippen LogP contribution in [-0.4, -0.2) is 48.9 Å². The molecule has 1 rings (SSSR count). The van der Waals surface area contributed by atoms with E-state index in [1.54, 1.807) is 7.05 Å². The van der Waals surface area contributed by atoms with Gasteiger partial charge in [-0.3, -0.25) is 0 Å². The Bertz CT molecular complexity index is 373. The largest absolute Gasteiger partial charge is 0.444 e. The molecule has 0 aliphatic heterocycles. The summed E-state index contributed by atoms with van der Waals surface area (Å²) >= 11 is 0. The second kappa shape index (κ2) is 8.22. The molecular weight excluding hydrogens is 309 g/mol. The van der Waals surface area contributed by atoms with Gasteiger partial charge >= 0.3 is 12.3 Å². The van der Waals surface area contributed by atoms with E-state index in [1.165, 1.54) is 4.90 Å². The zero-order valence-corrected chi connectivity index (χ0v) is 14.5. The van der Waals surface area contributed by atoms with Crippen LogP contribution in [0.3, 0.4) is 0 Å². The van der Waals surface area contributed by atoms with Crippen LogP contribution in [0, 0.1) is 5.92 Å². The van der Waals surface area contributed by atoms with Gasteiger partial charge in [0, 0.05) is 19.6 Å². The van der Waals surface area contributed by atoms with Crippen LogP contribution in [0.2, 0.25) is 0 Å². The highest BCUT2D eigenvalue weighted by Gasteiger charge is 2.41. The molecule has 0 aromatic carbocycles. The first-order valence-corrected chi connectivity index (χ1v) is 8.23. The fraction of sp³-hybridized carbons (Fsp3) is 0.938. The molecule has 0 heterocycles. The van der Waals surface area contributed by atoms with E-state index >= 15 is 0 Å². The van der Waals surface area contributed by atoms with Gasteiger partial charge in [0.1, 0.15) is 5.60 Å². The standard InChI is InChI=1S/C16H29F3N2O2/c1-15(2,3)23-14(22)21(4)11-5-10-20-13-8-6-12(7-9-13)16(17,18)19/h12-13,20H,5-11H2,1-4H3. The Morgan fingerprint density at radius 3 is 2.22 bits per heavy atom. The first-order valence-electron chi connectivity index (χ1n) is 8.23. The number of carbonyl (C=O) groups excluding carboxylic acids is 1. The van der Waals surface area contributed by atoms with Crippen molar-refractivity contribution < 1.29 is 22.7 Å². The van der Waals surface area contributed by atoms with Crippen molar-refractivity contribution in [2.24, 2.45) is 5.92 Å². The van der Waals surface area contributed by atoms with Crippen molar-refractivity contribution in [2.45, 2.75) is 70.7 Å². The van der Waals surface area contributed by atoms with Crippen molar-refractivity contribution in [1.29, 1.82) is 0 Å². The summed E-state index contributed by atoms with van der Waals surface area (Å²) in [5.41, 5.74) is -0.513. The molecule has 1 aliphatic carbocycles. The summed E-state index contributed by atoms with van der Waals surface area (Å²) in [6.45, 7) is 6.70. The fourth-order valence-corrected chi connectivity index (χ4v) is 2.68. The number of halogens is 3. The highest BCUT2D eigenvalue weighted by atomic mass is 19.4. The van der Waals surface area contributed by atoms with Gasteiger partial charge in [0.15, 0.2) is 0 Å². The van der Waals surface area contributed by atoms with Crippen LogP contribution < -0.4 is 5.32 Å². The van der Waals surface area contributed by atoms with Crippen molar-refractivity contribution >= 4 is 6.09 Å². The van der Waals surface area contributed by atoms with Crippen molar-refractivity contribution in [1.82, 2.24) is 10.2 Å². The van der Waals surface area contributed by atoms with Crippen molar-refractivity contribution in [2.75, 3.05) is 20.1 Å². The average molecular weight is 338 g/mol. The molecule has 1 amide bonds. The number of carbonyl (C=O) groups is 1. The summed E-state index contributed by atoms with van der Waals surface area (Å²) in [5.74, 6) is -1.14. The number of nitrogens with zero attached hydrogens (tertiary/aromatic N) is 1. The second-order valence-electron chi connectivity index (χ2n) is 7.30. The molecule has 0 atom stereocenters. The quantitative estimate of drug-likeness (QED) is 0.772. The number of alkyl halides is 3. The number of ether oxygens (including phenoxy) is 1. The Morgan fingerprint density at radius 1 is 1.17 bits per heavy atom. The van der Waals surface area contributed by atoms with E-state index in [0.29, 0.717) is 25.9 Å². The summed E-state index contributed by atoms with van der Waals surface area (Å²) in [6, 6.07) is 0.153. The van der Waals surface area contributed by atoms with Crippen LogP contribution in [0.15, 0.2) is 0 Å². The molecule has 0 saturated heterocycles. The van der Waals surface area contributed by atoms with E-state index < -0.39 is 17.7 Å². The molecule has 0 radical (unpaired) electrons. The van der Waals surface area contributed by atoms with Gasteiger partial charge in [-0.2, -0.15) is 13.2 Å². The summed E-state index contributed by atoms with van der Waals surface area (Å²) in [6.07, 6.45) is -2.13. The Morgan fingerprint density at radius 2 is 1.74 bits per heavy atom. The molecule has 1 saturated carbocycles. The topological polar surface area (TPSA) is 41.6 Å². The maximum absolute atomic E-state index is 12.6. The lowest BCUT2D eigenvalue weighted by molar-refractivity contribution is -0.182. The maximum atomic E-state index is 12.6. The van der Waals surface area contributed by atoms with Gasteiger partial charge in [-0.05, 0) is 59.4 Å². The van der Waals surface area contributed by atoms with Crippen LogP contribution in [0.4, 0.5) is 18.0 Å². The average Bonchev–Trinajstić information content (AvgIpc) is 2.41. The Labute approximate surface area is 136 Å². The first kappa shape index (κ1) is 20.1. The number of rotatable bonds is 5. The third-order valence-electron chi connectivity index (χ3n) is 4.00. The lowest BCUT2D eigenvalue weighted by Crippen LogP contribution is -2.39. The zero-order valence-electron chi connectivity index (χ0n) is 14.5. The van der Waals surface area contributed by atoms with Gasteiger partial charge in [0.25, 0.3) is 0 Å². The molecule has 0 aromatic rings. The van der Waals surface area contributed by atoms with Gasteiger partial charge in [-0.25, -0.2) is 4.79 Å². The first-order chi connectivity index (χ1) is 10.5. The molecular formula is C16H29F3N2O2. The molecule has 0 spiro atoms. The van der Waals surface area contributed by atoms with Gasteiger partial charge in [0.05, 0.1) is 5.92 Å². The van der Waals surface area contributed by atoms with E-state index in [-0.39, 0.29) is 25.0 Å². The second-order valence-corrected chi connectivity index (χ2v) is 7.30. The van der Waals surface area contributed by atoms with E-state index in [4.69, 9.17) is 4.74 Å². The lowest BCUT2D eigenvalue weighted by atomic mass is 9.85. The lowest BCUT2D eigenvalue weighted by Gasteiger charge is -2.30. The van der Waals surface area contributed by atoms with E-state index in [0.717, 1.165) is 6.42 Å². The molecule has 7 heteroatoms. The summed E-state index contributed by atoms with van der Waals surface area (Å²) in [5, 5.41) is 3.29. The summed E-state index contributed by atoms with van der Waals surface area (Å²) in [7, 11) is 1.68. The SMILES string of the molecule is CN(CCCNC1CCC(C(F)(F)F)CC1)C(=O)OC(C)(C)C. The number of amides is 1. The van der Waals surface area contributed by atoms with E-state index in [9.17, 15) is 18.0 Å². The minimum Gasteiger partial charge on any atom is -0.444 e. The minimum absolute atomic E-state index is 0.153. The van der Waals surface area contributed by atoms with Crippen LogP contribution >= 0.6 is 0 Å². The zero-order chi connectivity index (χ0) is 17.7. The number of hydrogen-bond donors (Lipinski definition) is 1. The Kier molecular flexibility index (Phi) is 7.17. The minimum atomic E-state index is -4.05. The van der Waals surface area contributed by atoms with Crippen LogP contribution in [-0.2, 0) is 4.74 Å². The van der Waals surface area contributed by atoms with Crippen LogP contribution in [0.25, 0.3) is 0 Å². The third kappa shape index (κ3) is 7.90. The maximum Gasteiger partial charge on any atom is 0.410 e. The van der Waals surface area contributed by atoms with Crippen molar-refractivity contribution in [3.8, 4) is 0 Å². The molecule has 23 heavy (non-hydrogen) atoms. The molecule has 1 aliphatic rings. The molecule has 0 aromatic heterocycles. The Hall–Kier alpha value is -0.980. The predicted molar refractivity (Wildman–Crippen MR) is 83.3 cm³/mol.